The molecule has 1 amide bonds. The van der Waals surface area contributed by atoms with Crippen molar-refractivity contribution in [3.8, 4) is 0 Å². The molecule has 0 saturated carbocycles. The normalized spacial score (nSPS) is 16.4. The Labute approximate surface area is 153 Å². The molecule has 3 rings (SSSR count). The fraction of sp³-hybridized carbons (Fsp3) is 0.0588. The first-order chi connectivity index (χ1) is 11.0. The standard InChI is InChI=1S/C17H12ClNOS3/c1-19-16(20)15(23-17(19)21)10-11-4-2-3-5-14(11)22-13-8-6-12(18)7-9-13/h2-10H,1H3. The smallest absolute Gasteiger partial charge is 0.265 e. The van der Waals surface area contributed by atoms with Gasteiger partial charge in [0.2, 0.25) is 0 Å². The Kier molecular flexibility index (Phi) is 5.11. The topological polar surface area (TPSA) is 20.3 Å². The summed E-state index contributed by atoms with van der Waals surface area (Å²) in [7, 11) is 1.70. The highest BCUT2D eigenvalue weighted by atomic mass is 35.5. The van der Waals surface area contributed by atoms with Gasteiger partial charge in [0, 0.05) is 21.9 Å². The third kappa shape index (κ3) is 3.80. The van der Waals surface area contributed by atoms with Gasteiger partial charge in [-0.3, -0.25) is 9.69 Å². The van der Waals surface area contributed by atoms with Crippen LogP contribution in [0.3, 0.4) is 0 Å². The van der Waals surface area contributed by atoms with Crippen molar-refractivity contribution < 1.29 is 4.79 Å². The van der Waals surface area contributed by atoms with Crippen molar-refractivity contribution in [3.63, 3.8) is 0 Å². The van der Waals surface area contributed by atoms with Gasteiger partial charge < -0.3 is 0 Å². The molecule has 0 bridgehead atoms. The second-order valence-corrected chi connectivity index (χ2v) is 8.06. The number of carbonyl (C=O) groups excluding carboxylic acids is 1. The number of hydrogen-bond acceptors (Lipinski definition) is 4. The van der Waals surface area contributed by atoms with Gasteiger partial charge >= 0.3 is 0 Å². The van der Waals surface area contributed by atoms with Crippen LogP contribution in [0, 0.1) is 0 Å². The van der Waals surface area contributed by atoms with Crippen LogP contribution >= 0.6 is 47.3 Å². The van der Waals surface area contributed by atoms with Crippen LogP contribution in [0.5, 0.6) is 0 Å². The molecule has 0 atom stereocenters. The maximum Gasteiger partial charge on any atom is 0.265 e. The van der Waals surface area contributed by atoms with Gasteiger partial charge in [0.25, 0.3) is 5.91 Å². The van der Waals surface area contributed by atoms with E-state index < -0.39 is 0 Å². The first-order valence-electron chi connectivity index (χ1n) is 6.78. The minimum Gasteiger partial charge on any atom is -0.296 e. The Bertz CT molecular complexity index is 802. The summed E-state index contributed by atoms with van der Waals surface area (Å²) in [6.45, 7) is 0. The van der Waals surface area contributed by atoms with Crippen LogP contribution in [-0.4, -0.2) is 22.2 Å². The van der Waals surface area contributed by atoms with Crippen LogP contribution < -0.4 is 0 Å². The summed E-state index contributed by atoms with van der Waals surface area (Å²) in [5.74, 6) is -0.0497. The van der Waals surface area contributed by atoms with Gasteiger partial charge in [0.15, 0.2) is 0 Å². The van der Waals surface area contributed by atoms with Crippen LogP contribution in [0.1, 0.15) is 5.56 Å². The lowest BCUT2D eigenvalue weighted by Gasteiger charge is -2.07. The zero-order valence-electron chi connectivity index (χ0n) is 12.2. The number of thioether (sulfide) groups is 1. The molecule has 6 heteroatoms. The Morgan fingerprint density at radius 2 is 1.87 bits per heavy atom. The molecule has 1 aliphatic heterocycles. The third-order valence-electron chi connectivity index (χ3n) is 3.23. The number of amides is 1. The molecule has 0 aliphatic carbocycles. The van der Waals surface area contributed by atoms with E-state index in [1.54, 1.807) is 18.8 Å². The molecular formula is C17H12ClNOS3. The van der Waals surface area contributed by atoms with Crippen molar-refractivity contribution in [2.75, 3.05) is 7.05 Å². The van der Waals surface area contributed by atoms with Gasteiger partial charge in [0.05, 0.1) is 4.91 Å². The molecule has 1 fully saturated rings. The molecule has 2 aromatic rings. The third-order valence-corrected chi connectivity index (χ3v) is 6.07. The molecule has 0 spiro atoms. The summed E-state index contributed by atoms with van der Waals surface area (Å²) in [4.78, 5) is 16.5. The van der Waals surface area contributed by atoms with E-state index in [0.717, 1.165) is 15.4 Å². The average Bonchev–Trinajstić information content (AvgIpc) is 2.79. The molecule has 1 aliphatic rings. The number of nitrogens with zero attached hydrogens (tertiary/aromatic N) is 1. The minimum atomic E-state index is -0.0497. The van der Waals surface area contributed by atoms with Gasteiger partial charge in [-0.2, -0.15) is 0 Å². The highest BCUT2D eigenvalue weighted by molar-refractivity contribution is 8.26. The van der Waals surface area contributed by atoms with E-state index in [0.29, 0.717) is 14.2 Å². The number of hydrogen-bond donors (Lipinski definition) is 0. The monoisotopic (exact) mass is 377 g/mol. The number of halogens is 1. The molecule has 0 N–H and O–H groups in total. The van der Waals surface area contributed by atoms with Crippen molar-refractivity contribution in [3.05, 3.63) is 64.0 Å². The summed E-state index contributed by atoms with van der Waals surface area (Å²) < 4.78 is 0.587. The lowest BCUT2D eigenvalue weighted by atomic mass is 10.2. The summed E-state index contributed by atoms with van der Waals surface area (Å²) in [6, 6.07) is 15.7. The van der Waals surface area contributed by atoms with Crippen LogP contribution in [0.2, 0.25) is 5.02 Å². The SMILES string of the molecule is CN1C(=O)C(=Cc2ccccc2Sc2ccc(Cl)cc2)SC1=S. The summed E-state index contributed by atoms with van der Waals surface area (Å²) in [6.07, 6.45) is 1.90. The molecule has 0 aromatic heterocycles. The molecule has 116 valence electrons. The van der Waals surface area contributed by atoms with Crippen molar-refractivity contribution in [2.45, 2.75) is 9.79 Å². The van der Waals surface area contributed by atoms with Crippen LogP contribution in [0.15, 0.2) is 63.2 Å². The average molecular weight is 378 g/mol. The van der Waals surface area contributed by atoms with Crippen LogP contribution in [0.4, 0.5) is 0 Å². The second kappa shape index (κ2) is 7.09. The quantitative estimate of drug-likeness (QED) is 0.532. The van der Waals surface area contributed by atoms with E-state index in [1.807, 2.05) is 54.6 Å². The van der Waals surface area contributed by atoms with E-state index >= 15 is 0 Å². The molecule has 1 saturated heterocycles. The van der Waals surface area contributed by atoms with Crippen molar-refractivity contribution in [1.29, 1.82) is 0 Å². The number of carbonyl (C=O) groups is 1. The molecule has 1 heterocycles. The molecule has 2 aromatic carbocycles. The van der Waals surface area contributed by atoms with Gasteiger partial charge in [-0.1, -0.05) is 65.5 Å². The lowest BCUT2D eigenvalue weighted by Crippen LogP contribution is -2.22. The van der Waals surface area contributed by atoms with Gasteiger partial charge in [-0.15, -0.1) is 0 Å². The fourth-order valence-corrected chi connectivity index (χ4v) is 4.22. The predicted octanol–water partition coefficient (Wildman–Crippen LogP) is 5.32. The van der Waals surface area contributed by atoms with Gasteiger partial charge in [-0.05, 0) is 42.0 Å². The summed E-state index contributed by atoms with van der Waals surface area (Å²) in [5.41, 5.74) is 1.00. The number of rotatable bonds is 3. The Morgan fingerprint density at radius 3 is 2.52 bits per heavy atom. The lowest BCUT2D eigenvalue weighted by molar-refractivity contribution is -0.121. The molecule has 2 nitrogen and oxygen atoms in total. The van der Waals surface area contributed by atoms with E-state index in [1.165, 1.54) is 16.7 Å². The maximum absolute atomic E-state index is 12.2. The second-order valence-electron chi connectivity index (χ2n) is 4.83. The largest absolute Gasteiger partial charge is 0.296 e. The van der Waals surface area contributed by atoms with Gasteiger partial charge in [0.1, 0.15) is 4.32 Å². The highest BCUT2D eigenvalue weighted by Crippen LogP contribution is 2.36. The first-order valence-corrected chi connectivity index (χ1v) is 9.20. The number of thiocarbonyl (C=S) groups is 1. The maximum atomic E-state index is 12.2. The van der Waals surface area contributed by atoms with Crippen molar-refractivity contribution in [1.82, 2.24) is 4.90 Å². The summed E-state index contributed by atoms with van der Waals surface area (Å²) in [5, 5.41) is 0.717. The predicted molar refractivity (Wildman–Crippen MR) is 103 cm³/mol. The fourth-order valence-electron chi connectivity index (χ4n) is 2.01. The Hall–Kier alpha value is -1.27. The van der Waals surface area contributed by atoms with E-state index in [4.69, 9.17) is 23.8 Å². The van der Waals surface area contributed by atoms with E-state index in [-0.39, 0.29) is 5.91 Å². The first kappa shape index (κ1) is 16.6. The minimum absolute atomic E-state index is 0.0497. The van der Waals surface area contributed by atoms with E-state index in [9.17, 15) is 4.79 Å². The zero-order chi connectivity index (χ0) is 16.4. The number of benzene rings is 2. The number of likely N-dealkylation sites (N-methyl/N-ethyl adjacent to an activating group) is 1. The van der Waals surface area contributed by atoms with Crippen molar-refractivity contribution >= 4 is 63.6 Å². The van der Waals surface area contributed by atoms with E-state index in [2.05, 4.69) is 0 Å². The zero-order valence-corrected chi connectivity index (χ0v) is 15.4. The van der Waals surface area contributed by atoms with Crippen molar-refractivity contribution in [2.24, 2.45) is 0 Å². The summed E-state index contributed by atoms with van der Waals surface area (Å²) >= 11 is 14.1. The molecule has 0 radical (unpaired) electrons. The van der Waals surface area contributed by atoms with Gasteiger partial charge in [-0.25, -0.2) is 0 Å². The highest BCUT2D eigenvalue weighted by Gasteiger charge is 2.28. The van der Waals surface area contributed by atoms with Crippen LogP contribution in [0.25, 0.3) is 6.08 Å². The molecule has 0 unspecified atom stereocenters. The Balaban J connectivity index is 1.91. The molecule has 23 heavy (non-hydrogen) atoms. The van der Waals surface area contributed by atoms with Crippen LogP contribution in [-0.2, 0) is 4.79 Å². The molecular weight excluding hydrogens is 366 g/mol. The Morgan fingerprint density at radius 1 is 1.17 bits per heavy atom.